The molecule has 0 fully saturated rings. The number of hydrogen-bond donors (Lipinski definition) is 1. The quantitative estimate of drug-likeness (QED) is 0.921. The van der Waals surface area contributed by atoms with Gasteiger partial charge in [-0.15, -0.1) is 0 Å². The van der Waals surface area contributed by atoms with E-state index in [1.54, 1.807) is 12.1 Å². The van der Waals surface area contributed by atoms with Crippen molar-refractivity contribution >= 4 is 17.6 Å². The van der Waals surface area contributed by atoms with Crippen LogP contribution in [0.1, 0.15) is 15.9 Å². The van der Waals surface area contributed by atoms with Gasteiger partial charge in [-0.05, 0) is 23.8 Å². The molecule has 4 nitrogen and oxygen atoms in total. The average molecular weight is 264 g/mol. The van der Waals surface area contributed by atoms with Crippen molar-refractivity contribution in [1.82, 2.24) is 4.98 Å². The van der Waals surface area contributed by atoms with E-state index < -0.39 is 5.97 Å². The van der Waals surface area contributed by atoms with Gasteiger partial charge in [0, 0.05) is 11.2 Å². The summed E-state index contributed by atoms with van der Waals surface area (Å²) in [6.07, 6.45) is 2.80. The number of hydrogen-bond acceptors (Lipinski definition) is 3. The highest BCUT2D eigenvalue weighted by atomic mass is 35.5. The smallest absolute Gasteiger partial charge is 0.339 e. The van der Waals surface area contributed by atoms with Crippen molar-refractivity contribution in [3.63, 3.8) is 0 Å². The van der Waals surface area contributed by atoms with Crippen molar-refractivity contribution in [3.05, 3.63) is 58.9 Å². The molecule has 2 rings (SSSR count). The number of ether oxygens (including phenoxy) is 1. The van der Waals surface area contributed by atoms with Crippen molar-refractivity contribution in [2.45, 2.75) is 6.61 Å². The van der Waals surface area contributed by atoms with Gasteiger partial charge < -0.3 is 9.84 Å². The second-order valence-electron chi connectivity index (χ2n) is 3.59. The Kier molecular flexibility index (Phi) is 3.79. The summed E-state index contributed by atoms with van der Waals surface area (Å²) in [6.45, 7) is 0.267. The lowest BCUT2D eigenvalue weighted by molar-refractivity contribution is 0.0691. The number of rotatable bonds is 4. The fourth-order valence-electron chi connectivity index (χ4n) is 1.41. The highest BCUT2D eigenvalue weighted by molar-refractivity contribution is 6.30. The molecule has 92 valence electrons. The van der Waals surface area contributed by atoms with E-state index in [1.165, 1.54) is 18.5 Å². The molecule has 5 heteroatoms. The molecule has 0 saturated carbocycles. The lowest BCUT2D eigenvalue weighted by Crippen LogP contribution is -2.03. The van der Waals surface area contributed by atoms with Crippen LogP contribution in [-0.2, 0) is 6.61 Å². The maximum Gasteiger partial charge on any atom is 0.339 e. The summed E-state index contributed by atoms with van der Waals surface area (Å²) in [5, 5.41) is 9.62. The van der Waals surface area contributed by atoms with Crippen molar-refractivity contribution in [2.24, 2.45) is 0 Å². The molecule has 0 aliphatic heterocycles. The maximum absolute atomic E-state index is 11.0. The van der Waals surface area contributed by atoms with Crippen LogP contribution in [0, 0.1) is 0 Å². The van der Waals surface area contributed by atoms with E-state index >= 15 is 0 Å². The Morgan fingerprint density at radius 3 is 2.67 bits per heavy atom. The Balaban J connectivity index is 2.10. The van der Waals surface area contributed by atoms with Crippen LogP contribution >= 0.6 is 11.6 Å². The molecule has 0 amide bonds. The van der Waals surface area contributed by atoms with E-state index in [-0.39, 0.29) is 17.9 Å². The number of aromatic nitrogens is 1. The SMILES string of the molecule is O=C(O)c1ccncc1OCc1ccc(Cl)cc1. The van der Waals surface area contributed by atoms with E-state index in [9.17, 15) is 4.79 Å². The number of benzene rings is 1. The van der Waals surface area contributed by atoms with Gasteiger partial charge in [-0.1, -0.05) is 23.7 Å². The third-order valence-corrected chi connectivity index (χ3v) is 2.57. The fraction of sp³-hybridized carbons (Fsp3) is 0.0769. The van der Waals surface area contributed by atoms with Crippen LogP contribution in [0.25, 0.3) is 0 Å². The molecule has 0 unspecified atom stereocenters. The second-order valence-corrected chi connectivity index (χ2v) is 4.03. The van der Waals surface area contributed by atoms with Crippen LogP contribution in [-0.4, -0.2) is 16.1 Å². The lowest BCUT2D eigenvalue weighted by atomic mass is 10.2. The zero-order valence-electron chi connectivity index (χ0n) is 9.34. The number of pyridine rings is 1. The summed E-state index contributed by atoms with van der Waals surface area (Å²) in [5.74, 6) is -0.788. The molecular weight excluding hydrogens is 254 g/mol. The maximum atomic E-state index is 11.0. The Morgan fingerprint density at radius 2 is 2.00 bits per heavy atom. The predicted octanol–water partition coefficient (Wildman–Crippen LogP) is 3.01. The topological polar surface area (TPSA) is 59.4 Å². The summed E-state index contributed by atoms with van der Waals surface area (Å²) in [5.41, 5.74) is 0.999. The normalized spacial score (nSPS) is 10.1. The summed E-state index contributed by atoms with van der Waals surface area (Å²) in [4.78, 5) is 14.8. The van der Waals surface area contributed by atoms with Gasteiger partial charge in [-0.3, -0.25) is 4.98 Å². The molecule has 1 N–H and O–H groups in total. The van der Waals surface area contributed by atoms with E-state index in [0.29, 0.717) is 5.02 Å². The molecule has 18 heavy (non-hydrogen) atoms. The van der Waals surface area contributed by atoms with Crippen LogP contribution in [0.15, 0.2) is 42.7 Å². The molecule has 0 atom stereocenters. The molecule has 1 aromatic carbocycles. The van der Waals surface area contributed by atoms with Gasteiger partial charge in [0.1, 0.15) is 12.2 Å². The zero-order chi connectivity index (χ0) is 13.0. The van der Waals surface area contributed by atoms with Gasteiger partial charge in [-0.25, -0.2) is 4.79 Å². The van der Waals surface area contributed by atoms with Crippen LogP contribution in [0.3, 0.4) is 0 Å². The number of nitrogens with zero attached hydrogens (tertiary/aromatic N) is 1. The minimum atomic E-state index is -1.04. The second kappa shape index (κ2) is 5.51. The Bertz CT molecular complexity index is 554. The summed E-state index contributed by atoms with van der Waals surface area (Å²) in [6, 6.07) is 8.54. The first-order chi connectivity index (χ1) is 8.66. The van der Waals surface area contributed by atoms with Gasteiger partial charge in [-0.2, -0.15) is 0 Å². The van der Waals surface area contributed by atoms with Crippen LogP contribution in [0.5, 0.6) is 5.75 Å². The van der Waals surface area contributed by atoms with Crippen molar-refractivity contribution in [3.8, 4) is 5.75 Å². The predicted molar refractivity (Wildman–Crippen MR) is 67.0 cm³/mol. The Hall–Kier alpha value is -2.07. The standard InChI is InChI=1S/C13H10ClNO3/c14-10-3-1-9(2-4-10)8-18-12-7-15-6-5-11(12)13(16)17/h1-7H,8H2,(H,16,17). The Morgan fingerprint density at radius 1 is 1.28 bits per heavy atom. The van der Waals surface area contributed by atoms with Crippen LogP contribution in [0.4, 0.5) is 0 Å². The number of aromatic carboxylic acids is 1. The largest absolute Gasteiger partial charge is 0.486 e. The van der Waals surface area contributed by atoms with Gasteiger partial charge in [0.05, 0.1) is 6.20 Å². The first kappa shape index (κ1) is 12.4. The minimum absolute atomic E-state index is 0.0963. The molecule has 0 aliphatic carbocycles. The van der Waals surface area contributed by atoms with Gasteiger partial charge >= 0.3 is 5.97 Å². The van der Waals surface area contributed by atoms with E-state index in [2.05, 4.69) is 4.98 Å². The third-order valence-electron chi connectivity index (χ3n) is 2.32. The van der Waals surface area contributed by atoms with E-state index in [1.807, 2.05) is 12.1 Å². The van der Waals surface area contributed by atoms with Crippen molar-refractivity contribution < 1.29 is 14.6 Å². The molecule has 2 aromatic rings. The monoisotopic (exact) mass is 263 g/mol. The van der Waals surface area contributed by atoms with Crippen molar-refractivity contribution in [2.75, 3.05) is 0 Å². The molecule has 0 aliphatic rings. The Labute approximate surface area is 109 Å². The molecule has 0 saturated heterocycles. The summed E-state index contributed by atoms with van der Waals surface area (Å²) < 4.78 is 5.44. The first-order valence-corrected chi connectivity index (χ1v) is 5.59. The molecule has 1 aromatic heterocycles. The summed E-state index contributed by atoms with van der Waals surface area (Å²) >= 11 is 5.77. The molecule has 1 heterocycles. The third kappa shape index (κ3) is 2.99. The first-order valence-electron chi connectivity index (χ1n) is 5.21. The highest BCUT2D eigenvalue weighted by Crippen LogP contribution is 2.18. The number of carbonyl (C=O) groups is 1. The molecule has 0 spiro atoms. The van der Waals surface area contributed by atoms with Gasteiger partial charge in [0.15, 0.2) is 5.75 Å². The van der Waals surface area contributed by atoms with Gasteiger partial charge in [0.25, 0.3) is 0 Å². The van der Waals surface area contributed by atoms with Gasteiger partial charge in [0.2, 0.25) is 0 Å². The summed E-state index contributed by atoms with van der Waals surface area (Å²) in [7, 11) is 0. The zero-order valence-corrected chi connectivity index (χ0v) is 10.1. The van der Waals surface area contributed by atoms with Crippen LogP contribution in [0.2, 0.25) is 5.02 Å². The molecular formula is C13H10ClNO3. The number of carboxylic acids is 1. The minimum Gasteiger partial charge on any atom is -0.486 e. The average Bonchev–Trinajstić information content (AvgIpc) is 2.38. The fourth-order valence-corrected chi connectivity index (χ4v) is 1.54. The number of halogens is 1. The molecule has 0 radical (unpaired) electrons. The highest BCUT2D eigenvalue weighted by Gasteiger charge is 2.10. The van der Waals surface area contributed by atoms with E-state index in [0.717, 1.165) is 5.56 Å². The van der Waals surface area contributed by atoms with E-state index in [4.69, 9.17) is 21.4 Å². The lowest BCUT2D eigenvalue weighted by Gasteiger charge is -2.08. The van der Waals surface area contributed by atoms with Crippen LogP contribution < -0.4 is 4.74 Å². The molecule has 0 bridgehead atoms. The van der Waals surface area contributed by atoms with Crippen molar-refractivity contribution in [1.29, 1.82) is 0 Å². The number of carboxylic acid groups (broad SMARTS) is 1.